The molecule has 0 spiro atoms. The van der Waals surface area contributed by atoms with Gasteiger partial charge in [0.1, 0.15) is 5.75 Å². The number of carbonyl (C=O) groups excluding carboxylic acids is 1. The smallest absolute Gasteiger partial charge is 0.421 e. The summed E-state index contributed by atoms with van der Waals surface area (Å²) in [5, 5.41) is 7.41. The van der Waals surface area contributed by atoms with Gasteiger partial charge in [-0.25, -0.2) is 13.6 Å². The number of alkyl halides is 3. The highest BCUT2D eigenvalue weighted by atomic mass is 35.5. The van der Waals surface area contributed by atoms with E-state index >= 15 is 0 Å². The molecule has 2 amide bonds. The number of halogens is 6. The van der Waals surface area contributed by atoms with Crippen LogP contribution in [0.25, 0.3) is 0 Å². The number of para-hydroxylation sites is 1. The molecule has 3 atom stereocenters. The van der Waals surface area contributed by atoms with Gasteiger partial charge in [-0.05, 0) is 37.6 Å². The molecule has 2 aromatic rings. The number of rotatable bonds is 5. The van der Waals surface area contributed by atoms with Gasteiger partial charge >= 0.3 is 12.2 Å². The predicted molar refractivity (Wildman–Crippen MR) is 114 cm³/mol. The first-order chi connectivity index (χ1) is 16.1. The standard InChI is InChI=1S/C22H21ClF5N3O3/c23-13-7-8-14(18(25)17(13)24)30-20(32)31-15-5-3-10-29-19(15)34-16-6-2-1-4-12(16)21(9-11-33-21)22(26,27)28/h1-2,4,6-8,15,19,29H,3,5,9-11H2,(H2,30,31,32). The minimum absolute atomic E-state index is 0.0261. The molecule has 6 nitrogen and oxygen atoms in total. The van der Waals surface area contributed by atoms with E-state index in [0.717, 1.165) is 12.1 Å². The molecule has 0 saturated carbocycles. The summed E-state index contributed by atoms with van der Waals surface area (Å²) in [7, 11) is 0. The third kappa shape index (κ3) is 4.64. The van der Waals surface area contributed by atoms with E-state index in [1.54, 1.807) is 0 Å². The van der Waals surface area contributed by atoms with Crippen molar-refractivity contribution in [2.24, 2.45) is 0 Å². The van der Waals surface area contributed by atoms with Crippen molar-refractivity contribution >= 4 is 23.3 Å². The summed E-state index contributed by atoms with van der Waals surface area (Å²) in [6.45, 7) is 0.478. The summed E-state index contributed by atoms with van der Waals surface area (Å²) < 4.78 is 80.0. The first kappa shape index (κ1) is 24.5. The highest BCUT2D eigenvalue weighted by molar-refractivity contribution is 6.30. The first-order valence-electron chi connectivity index (χ1n) is 10.5. The van der Waals surface area contributed by atoms with Crippen LogP contribution in [-0.4, -0.2) is 37.6 Å². The number of hydrogen-bond acceptors (Lipinski definition) is 4. The number of carbonyl (C=O) groups is 1. The topological polar surface area (TPSA) is 71.6 Å². The van der Waals surface area contributed by atoms with Gasteiger partial charge in [-0.15, -0.1) is 0 Å². The van der Waals surface area contributed by atoms with Gasteiger partial charge in [-0.1, -0.05) is 29.8 Å². The zero-order valence-electron chi connectivity index (χ0n) is 17.6. The average Bonchev–Trinajstić information content (AvgIpc) is 2.75. The molecule has 34 heavy (non-hydrogen) atoms. The van der Waals surface area contributed by atoms with Crippen molar-refractivity contribution < 1.29 is 36.2 Å². The zero-order valence-corrected chi connectivity index (χ0v) is 18.4. The fourth-order valence-electron chi connectivity index (χ4n) is 4.02. The van der Waals surface area contributed by atoms with E-state index in [4.69, 9.17) is 21.1 Å². The highest BCUT2D eigenvalue weighted by Gasteiger charge is 2.62. The van der Waals surface area contributed by atoms with E-state index in [-0.39, 0.29) is 24.3 Å². The second kappa shape index (κ2) is 9.55. The molecule has 184 valence electrons. The van der Waals surface area contributed by atoms with Crippen LogP contribution in [0, 0.1) is 11.6 Å². The summed E-state index contributed by atoms with van der Waals surface area (Å²) in [5.41, 5.74) is -3.02. The summed E-state index contributed by atoms with van der Waals surface area (Å²) in [5.74, 6) is -2.64. The van der Waals surface area contributed by atoms with Crippen molar-refractivity contribution in [3.63, 3.8) is 0 Å². The Balaban J connectivity index is 1.50. The molecule has 0 bridgehead atoms. The molecule has 2 aliphatic rings. The van der Waals surface area contributed by atoms with Crippen molar-refractivity contribution in [2.75, 3.05) is 18.5 Å². The molecule has 3 N–H and O–H groups in total. The maximum atomic E-state index is 14.0. The van der Waals surface area contributed by atoms with Gasteiger partial charge in [0.05, 0.1) is 23.4 Å². The maximum Gasteiger partial charge on any atom is 0.421 e. The minimum atomic E-state index is -4.64. The monoisotopic (exact) mass is 505 g/mol. The van der Waals surface area contributed by atoms with Crippen LogP contribution in [0.2, 0.25) is 5.02 Å². The molecule has 0 aliphatic carbocycles. The Morgan fingerprint density at radius 1 is 1.18 bits per heavy atom. The quantitative estimate of drug-likeness (QED) is 0.392. The minimum Gasteiger partial charge on any atom is -0.473 e. The fraction of sp³-hybridized carbons (Fsp3) is 0.409. The normalized spacial score (nSPS) is 24.8. The predicted octanol–water partition coefficient (Wildman–Crippen LogP) is 5.07. The lowest BCUT2D eigenvalue weighted by Crippen LogP contribution is -2.57. The first-order valence-corrected chi connectivity index (χ1v) is 10.9. The summed E-state index contributed by atoms with van der Waals surface area (Å²) in [4.78, 5) is 12.4. The van der Waals surface area contributed by atoms with Gasteiger partial charge < -0.3 is 20.1 Å². The number of piperidine rings is 1. The van der Waals surface area contributed by atoms with Crippen molar-refractivity contribution in [2.45, 2.75) is 43.3 Å². The largest absolute Gasteiger partial charge is 0.473 e. The van der Waals surface area contributed by atoms with Crippen LogP contribution in [0.5, 0.6) is 5.75 Å². The average molecular weight is 506 g/mol. The number of nitrogens with one attached hydrogen (secondary N) is 3. The van der Waals surface area contributed by atoms with Crippen LogP contribution in [-0.2, 0) is 10.3 Å². The van der Waals surface area contributed by atoms with Crippen LogP contribution >= 0.6 is 11.6 Å². The van der Waals surface area contributed by atoms with E-state index in [2.05, 4.69) is 16.0 Å². The van der Waals surface area contributed by atoms with Gasteiger partial charge in [0.25, 0.3) is 0 Å². The number of anilines is 1. The summed E-state index contributed by atoms with van der Waals surface area (Å²) in [6.07, 6.45) is -4.67. The van der Waals surface area contributed by atoms with Crippen LogP contribution in [0.4, 0.5) is 32.4 Å². The van der Waals surface area contributed by atoms with Crippen molar-refractivity contribution in [1.82, 2.24) is 10.6 Å². The van der Waals surface area contributed by atoms with Crippen LogP contribution in [0.15, 0.2) is 36.4 Å². The lowest BCUT2D eigenvalue weighted by Gasteiger charge is -2.44. The Bertz CT molecular complexity index is 1060. The van der Waals surface area contributed by atoms with Crippen LogP contribution in [0.3, 0.4) is 0 Å². The lowest BCUT2D eigenvalue weighted by molar-refractivity contribution is -0.334. The molecular weight excluding hydrogens is 485 g/mol. The molecular formula is C22H21ClF5N3O3. The summed E-state index contributed by atoms with van der Waals surface area (Å²) in [6, 6.07) is 6.41. The lowest BCUT2D eigenvalue weighted by atomic mass is 9.85. The Hall–Kier alpha value is -2.63. The maximum absolute atomic E-state index is 14.0. The third-order valence-corrected chi connectivity index (χ3v) is 6.13. The zero-order chi connectivity index (χ0) is 24.5. The molecule has 0 radical (unpaired) electrons. The Morgan fingerprint density at radius 3 is 2.59 bits per heavy atom. The molecule has 12 heteroatoms. The van der Waals surface area contributed by atoms with E-state index in [1.165, 1.54) is 24.3 Å². The van der Waals surface area contributed by atoms with Crippen molar-refractivity contribution in [1.29, 1.82) is 0 Å². The molecule has 2 heterocycles. The molecule has 2 fully saturated rings. The molecule has 0 aromatic heterocycles. The third-order valence-electron chi connectivity index (χ3n) is 5.84. The van der Waals surface area contributed by atoms with E-state index in [1.807, 2.05) is 0 Å². The SMILES string of the molecule is O=C(Nc1ccc(Cl)c(F)c1F)NC1CCCNC1Oc1ccccc1C1(C(F)(F)F)CCO1. The molecule has 3 unspecified atom stereocenters. The summed E-state index contributed by atoms with van der Waals surface area (Å²) >= 11 is 5.51. The van der Waals surface area contributed by atoms with E-state index in [9.17, 15) is 26.7 Å². The van der Waals surface area contributed by atoms with Crippen LogP contribution in [0.1, 0.15) is 24.8 Å². The molecule has 2 aromatic carbocycles. The van der Waals surface area contributed by atoms with Gasteiger partial charge in [0.2, 0.25) is 0 Å². The molecule has 4 rings (SSSR count). The number of hydrogen-bond donors (Lipinski definition) is 3. The molecule has 2 aliphatic heterocycles. The Labute approximate surface area is 196 Å². The van der Waals surface area contributed by atoms with Gasteiger partial charge in [0, 0.05) is 12.0 Å². The van der Waals surface area contributed by atoms with Gasteiger partial charge in [-0.3, -0.25) is 5.32 Å². The van der Waals surface area contributed by atoms with Gasteiger partial charge in [0.15, 0.2) is 23.5 Å². The number of benzene rings is 2. The second-order valence-corrected chi connectivity index (χ2v) is 8.39. The Kier molecular flexibility index (Phi) is 6.88. The number of urea groups is 1. The number of amides is 2. The Morgan fingerprint density at radius 2 is 1.91 bits per heavy atom. The van der Waals surface area contributed by atoms with Crippen molar-refractivity contribution in [3.8, 4) is 5.75 Å². The molecule has 2 saturated heterocycles. The van der Waals surface area contributed by atoms with Gasteiger partial charge in [-0.2, -0.15) is 13.2 Å². The second-order valence-electron chi connectivity index (χ2n) is 7.98. The van der Waals surface area contributed by atoms with Crippen LogP contribution < -0.4 is 20.7 Å². The van der Waals surface area contributed by atoms with Crippen molar-refractivity contribution in [3.05, 3.63) is 58.6 Å². The van der Waals surface area contributed by atoms with E-state index < -0.39 is 52.4 Å². The van der Waals surface area contributed by atoms with E-state index in [0.29, 0.717) is 19.4 Å². The fourth-order valence-corrected chi connectivity index (χ4v) is 4.16. The number of ether oxygens (including phenoxy) is 2. The highest BCUT2D eigenvalue weighted by Crippen LogP contribution is 2.52.